The lowest BCUT2D eigenvalue weighted by molar-refractivity contribution is -0.123. The summed E-state index contributed by atoms with van der Waals surface area (Å²) >= 11 is 0. The Bertz CT molecular complexity index is 668. The first kappa shape index (κ1) is 17.4. The first-order valence-electron chi connectivity index (χ1n) is 6.28. The van der Waals surface area contributed by atoms with Gasteiger partial charge in [0.2, 0.25) is 0 Å². The van der Waals surface area contributed by atoms with Gasteiger partial charge in [-0.1, -0.05) is 13.8 Å². The Hall–Kier alpha value is -1.61. The highest BCUT2D eigenvalue weighted by Gasteiger charge is 2.29. The Morgan fingerprint density at radius 1 is 1.38 bits per heavy atom. The second-order valence-corrected chi connectivity index (χ2v) is 6.84. The van der Waals surface area contributed by atoms with E-state index in [-0.39, 0.29) is 10.6 Å². The highest BCUT2D eigenvalue weighted by Crippen LogP contribution is 2.27. The number of hydrogen-bond donors (Lipinski definition) is 2. The van der Waals surface area contributed by atoms with Crippen molar-refractivity contribution >= 4 is 31.7 Å². The Kier molecular flexibility index (Phi) is 5.35. The van der Waals surface area contributed by atoms with E-state index in [1.165, 1.54) is 11.6 Å². The maximum atomic E-state index is 11.8. The van der Waals surface area contributed by atoms with Gasteiger partial charge in [-0.15, -0.1) is 0 Å². The van der Waals surface area contributed by atoms with Crippen LogP contribution in [0.4, 0.5) is 4.79 Å². The standard InChI is InChI=1S/C11H17ClN4O4S/c1-4-7-9(21(12,19)20)8(5-2)16(15-7)6(3)10(17)14-11(13)18/h6H,4-5H2,1-3H3,(H3,13,14,17,18). The number of rotatable bonds is 5. The van der Waals surface area contributed by atoms with Crippen molar-refractivity contribution in [3.63, 3.8) is 0 Å². The van der Waals surface area contributed by atoms with Crippen LogP contribution < -0.4 is 11.1 Å². The molecule has 0 saturated heterocycles. The number of imide groups is 1. The molecule has 0 aliphatic rings. The number of hydrogen-bond acceptors (Lipinski definition) is 5. The number of aryl methyl sites for hydroxylation is 1. The molecule has 0 aliphatic heterocycles. The molecule has 21 heavy (non-hydrogen) atoms. The summed E-state index contributed by atoms with van der Waals surface area (Å²) in [6.07, 6.45) is 0.647. The molecule has 10 heteroatoms. The fourth-order valence-electron chi connectivity index (χ4n) is 2.00. The smallest absolute Gasteiger partial charge is 0.318 e. The summed E-state index contributed by atoms with van der Waals surface area (Å²) in [6.45, 7) is 4.93. The molecule has 1 aromatic heterocycles. The molecule has 118 valence electrons. The molecule has 3 amide bonds. The molecule has 0 fully saturated rings. The summed E-state index contributed by atoms with van der Waals surface area (Å²) in [5.41, 5.74) is 5.48. The molecule has 0 spiro atoms. The van der Waals surface area contributed by atoms with Crippen molar-refractivity contribution in [2.75, 3.05) is 0 Å². The fraction of sp³-hybridized carbons (Fsp3) is 0.545. The molecule has 0 aliphatic carbocycles. The van der Waals surface area contributed by atoms with Crippen LogP contribution in [-0.4, -0.2) is 30.1 Å². The maximum Gasteiger partial charge on any atom is 0.318 e. The van der Waals surface area contributed by atoms with Crippen LogP contribution in [0.25, 0.3) is 0 Å². The Balaban J connectivity index is 3.41. The third kappa shape index (κ3) is 3.73. The molecule has 3 N–H and O–H groups in total. The predicted molar refractivity (Wildman–Crippen MR) is 76.5 cm³/mol. The van der Waals surface area contributed by atoms with Gasteiger partial charge in [0.05, 0.1) is 11.4 Å². The minimum Gasteiger partial charge on any atom is -0.351 e. The van der Waals surface area contributed by atoms with E-state index in [2.05, 4.69) is 5.10 Å². The first-order chi connectivity index (χ1) is 9.63. The van der Waals surface area contributed by atoms with E-state index in [4.69, 9.17) is 16.4 Å². The van der Waals surface area contributed by atoms with Gasteiger partial charge >= 0.3 is 6.03 Å². The molecule has 1 rings (SSSR count). The van der Waals surface area contributed by atoms with Crippen LogP contribution >= 0.6 is 10.7 Å². The average molecular weight is 337 g/mol. The summed E-state index contributed by atoms with van der Waals surface area (Å²) in [7, 11) is 1.47. The highest BCUT2D eigenvalue weighted by atomic mass is 35.7. The zero-order valence-corrected chi connectivity index (χ0v) is 13.5. The zero-order chi connectivity index (χ0) is 16.4. The van der Waals surface area contributed by atoms with Crippen LogP contribution in [0.1, 0.15) is 38.2 Å². The number of aromatic nitrogens is 2. The van der Waals surface area contributed by atoms with E-state index in [9.17, 15) is 18.0 Å². The molecule has 1 heterocycles. The first-order valence-corrected chi connectivity index (χ1v) is 8.59. The lowest BCUT2D eigenvalue weighted by atomic mass is 10.2. The molecular formula is C11H17ClN4O4S. The van der Waals surface area contributed by atoms with Gasteiger partial charge in [0.1, 0.15) is 10.9 Å². The number of halogens is 1. The molecule has 0 aromatic carbocycles. The molecule has 8 nitrogen and oxygen atoms in total. The van der Waals surface area contributed by atoms with Crippen LogP contribution in [0.3, 0.4) is 0 Å². The van der Waals surface area contributed by atoms with Gasteiger partial charge in [-0.3, -0.25) is 14.8 Å². The van der Waals surface area contributed by atoms with Crippen molar-refractivity contribution in [2.24, 2.45) is 5.73 Å². The number of primary amides is 1. The number of carbonyl (C=O) groups is 2. The van der Waals surface area contributed by atoms with Crippen molar-refractivity contribution in [1.82, 2.24) is 15.1 Å². The summed E-state index contributed by atoms with van der Waals surface area (Å²) in [5, 5.41) is 6.07. The van der Waals surface area contributed by atoms with Crippen LogP contribution in [0, 0.1) is 0 Å². The zero-order valence-electron chi connectivity index (χ0n) is 11.9. The average Bonchev–Trinajstić information content (AvgIpc) is 2.75. The summed E-state index contributed by atoms with van der Waals surface area (Å²) in [6, 6.07) is -1.89. The van der Waals surface area contributed by atoms with E-state index < -0.39 is 27.0 Å². The largest absolute Gasteiger partial charge is 0.351 e. The SMILES string of the molecule is CCc1nn(C(C)C(=O)NC(N)=O)c(CC)c1S(=O)(=O)Cl. The lowest BCUT2D eigenvalue weighted by Crippen LogP contribution is -2.39. The number of nitrogens with two attached hydrogens (primary N) is 1. The Morgan fingerprint density at radius 2 is 1.95 bits per heavy atom. The molecule has 1 atom stereocenters. The van der Waals surface area contributed by atoms with Crippen LogP contribution in [-0.2, 0) is 26.7 Å². The van der Waals surface area contributed by atoms with E-state index in [1.54, 1.807) is 13.8 Å². The normalized spacial score (nSPS) is 13.0. The Morgan fingerprint density at radius 3 is 2.33 bits per heavy atom. The number of carbonyl (C=O) groups excluding carboxylic acids is 2. The van der Waals surface area contributed by atoms with E-state index in [0.29, 0.717) is 18.5 Å². The third-order valence-electron chi connectivity index (χ3n) is 2.94. The second-order valence-electron chi connectivity index (χ2n) is 4.34. The highest BCUT2D eigenvalue weighted by molar-refractivity contribution is 8.13. The minimum atomic E-state index is -3.98. The van der Waals surface area contributed by atoms with E-state index in [0.717, 1.165) is 0 Å². The molecule has 1 unspecified atom stereocenters. The second kappa shape index (κ2) is 6.44. The van der Waals surface area contributed by atoms with Crippen molar-refractivity contribution in [1.29, 1.82) is 0 Å². The van der Waals surface area contributed by atoms with Gasteiger partial charge in [-0.05, 0) is 19.8 Å². The summed E-state index contributed by atoms with van der Waals surface area (Å²) in [5.74, 6) is -0.680. The van der Waals surface area contributed by atoms with E-state index in [1.807, 2.05) is 5.32 Å². The van der Waals surface area contributed by atoms with Crippen molar-refractivity contribution in [3.05, 3.63) is 11.4 Å². The van der Waals surface area contributed by atoms with Gasteiger partial charge < -0.3 is 5.73 Å². The van der Waals surface area contributed by atoms with Crippen LogP contribution in [0.15, 0.2) is 4.90 Å². The van der Waals surface area contributed by atoms with Crippen LogP contribution in [0.5, 0.6) is 0 Å². The van der Waals surface area contributed by atoms with Crippen LogP contribution in [0.2, 0.25) is 0 Å². The Labute approximate surface area is 127 Å². The summed E-state index contributed by atoms with van der Waals surface area (Å²) < 4.78 is 24.7. The third-order valence-corrected chi connectivity index (χ3v) is 4.36. The molecule has 0 saturated carbocycles. The topological polar surface area (TPSA) is 124 Å². The molecule has 0 radical (unpaired) electrons. The van der Waals surface area contributed by atoms with Crippen molar-refractivity contribution in [2.45, 2.75) is 44.6 Å². The predicted octanol–water partition coefficient (Wildman–Crippen LogP) is 0.691. The van der Waals surface area contributed by atoms with Gasteiger partial charge in [-0.2, -0.15) is 5.10 Å². The summed E-state index contributed by atoms with van der Waals surface area (Å²) in [4.78, 5) is 22.5. The molecule has 1 aromatic rings. The molecule has 0 bridgehead atoms. The monoisotopic (exact) mass is 336 g/mol. The lowest BCUT2D eigenvalue weighted by Gasteiger charge is -2.14. The van der Waals surface area contributed by atoms with E-state index >= 15 is 0 Å². The van der Waals surface area contributed by atoms with Gasteiger partial charge in [0.15, 0.2) is 0 Å². The maximum absolute atomic E-state index is 11.8. The number of amides is 3. The number of nitrogens with one attached hydrogen (secondary N) is 1. The van der Waals surface area contributed by atoms with Gasteiger partial charge in [-0.25, -0.2) is 13.2 Å². The van der Waals surface area contributed by atoms with Gasteiger partial charge in [0, 0.05) is 10.7 Å². The number of nitrogens with zero attached hydrogens (tertiary/aromatic N) is 2. The quantitative estimate of drug-likeness (QED) is 0.765. The van der Waals surface area contributed by atoms with Crippen molar-refractivity contribution < 1.29 is 18.0 Å². The van der Waals surface area contributed by atoms with Gasteiger partial charge in [0.25, 0.3) is 15.0 Å². The minimum absolute atomic E-state index is 0.0760. The number of urea groups is 1. The van der Waals surface area contributed by atoms with Crippen molar-refractivity contribution in [3.8, 4) is 0 Å². The fourth-order valence-corrected chi connectivity index (χ4v) is 3.52. The molecular weight excluding hydrogens is 320 g/mol.